The minimum atomic E-state index is -1.31. The van der Waals surface area contributed by atoms with Crippen molar-refractivity contribution in [3.05, 3.63) is 16.0 Å². The van der Waals surface area contributed by atoms with Crippen molar-refractivity contribution < 1.29 is 36.8 Å². The number of aryl methyl sites for hydroxylation is 1. The average Bonchev–Trinajstić information content (AvgIpc) is 2.41. The molecule has 1 rings (SSSR count). The van der Waals surface area contributed by atoms with Crippen LogP contribution in [0.3, 0.4) is 0 Å². The summed E-state index contributed by atoms with van der Waals surface area (Å²) in [5, 5.41) is 17.4. The summed E-state index contributed by atoms with van der Waals surface area (Å²) in [5.41, 5.74) is 4.83. The van der Waals surface area contributed by atoms with Crippen LogP contribution in [0.5, 0.6) is 0 Å². The molecule has 0 amide bonds. The normalized spacial score (nSPS) is 8.71. The summed E-state index contributed by atoms with van der Waals surface area (Å²) in [6.07, 6.45) is 0. The Morgan fingerprint density at radius 1 is 1.29 bits per heavy atom. The number of halogens is 1. The molecule has 0 aliphatic carbocycles. The third-order valence-electron chi connectivity index (χ3n) is 1.54. The van der Waals surface area contributed by atoms with Crippen LogP contribution in [0.2, 0.25) is 4.55 Å². The van der Waals surface area contributed by atoms with Gasteiger partial charge in [0, 0.05) is 4.88 Å². The van der Waals surface area contributed by atoms with Crippen molar-refractivity contribution in [3.8, 4) is 0 Å². The van der Waals surface area contributed by atoms with Gasteiger partial charge in [0.15, 0.2) is 0 Å². The van der Waals surface area contributed by atoms with Gasteiger partial charge in [-0.25, -0.2) is 9.59 Å². The number of hydrogen-bond acceptors (Lipinski definition) is 4. The van der Waals surface area contributed by atoms with Crippen molar-refractivity contribution in [3.63, 3.8) is 0 Å². The van der Waals surface area contributed by atoms with Crippen LogP contribution in [0.1, 0.15) is 32.5 Å². The number of carboxylic acids is 2. The number of anilines is 1. The number of nitrogen functional groups attached to an aromatic ring is 1. The summed E-state index contributed by atoms with van der Waals surface area (Å²) < 4.78 is 1.28. The first kappa shape index (κ1) is 19.0. The number of thiophene rings is 1. The van der Waals surface area contributed by atoms with Gasteiger partial charge in [-0.2, -0.15) is 0 Å². The number of rotatable bonds is 2. The Balaban J connectivity index is 0. The SMILES string of the molecule is C[CH2][Mg+].Cc1sc(N)c(C(=O)O)c1C(=O)O.[Br-]. The fourth-order valence-corrected chi connectivity index (χ4v) is 1.95. The van der Waals surface area contributed by atoms with Gasteiger partial charge in [-0.15, -0.1) is 11.3 Å². The first-order chi connectivity index (χ1) is 7.36. The van der Waals surface area contributed by atoms with Crippen LogP contribution in [0, 0.1) is 6.92 Å². The molecule has 0 aliphatic rings. The molecule has 0 saturated heterocycles. The van der Waals surface area contributed by atoms with Crippen LogP contribution < -0.4 is 22.7 Å². The van der Waals surface area contributed by atoms with Gasteiger partial charge in [-0.3, -0.25) is 0 Å². The van der Waals surface area contributed by atoms with E-state index in [-0.39, 0.29) is 33.1 Å². The van der Waals surface area contributed by atoms with Crippen molar-refractivity contribution in [2.24, 2.45) is 0 Å². The van der Waals surface area contributed by atoms with Gasteiger partial charge in [0.05, 0.1) is 5.56 Å². The van der Waals surface area contributed by atoms with Crippen molar-refractivity contribution in [2.75, 3.05) is 5.73 Å². The molecule has 0 aromatic carbocycles. The zero-order valence-corrected chi connectivity index (χ0v) is 13.3. The summed E-state index contributed by atoms with van der Waals surface area (Å²) in [6, 6.07) is 0. The molecule has 0 spiro atoms. The monoisotopic (exact) mass is 333 g/mol. The molecule has 0 fully saturated rings. The maximum absolute atomic E-state index is 10.6. The Labute approximate surface area is 126 Å². The Bertz CT molecular complexity index is 373. The van der Waals surface area contributed by atoms with E-state index in [1.165, 1.54) is 11.5 Å². The van der Waals surface area contributed by atoms with Gasteiger partial charge in [-0.1, -0.05) is 0 Å². The molecule has 92 valence electrons. The van der Waals surface area contributed by atoms with Crippen LogP contribution in [0.4, 0.5) is 5.00 Å². The van der Waals surface area contributed by atoms with Gasteiger partial charge >= 0.3 is 45.1 Å². The molecule has 0 bridgehead atoms. The molecule has 0 atom stereocenters. The molecule has 0 aliphatic heterocycles. The first-order valence-electron chi connectivity index (χ1n) is 4.51. The second kappa shape index (κ2) is 8.73. The van der Waals surface area contributed by atoms with E-state index in [0.29, 0.717) is 4.88 Å². The van der Waals surface area contributed by atoms with E-state index < -0.39 is 11.9 Å². The molecule has 1 aromatic rings. The first-order valence-corrected chi connectivity index (χ1v) is 6.33. The summed E-state index contributed by atoms with van der Waals surface area (Å²) >= 11 is 2.94. The van der Waals surface area contributed by atoms with E-state index in [9.17, 15) is 9.59 Å². The van der Waals surface area contributed by atoms with E-state index in [2.05, 4.69) is 6.92 Å². The average molecular weight is 334 g/mol. The van der Waals surface area contributed by atoms with Gasteiger partial charge in [0.25, 0.3) is 0 Å². The Morgan fingerprint density at radius 3 is 1.88 bits per heavy atom. The van der Waals surface area contributed by atoms with E-state index >= 15 is 0 Å². The quantitative estimate of drug-likeness (QED) is 0.580. The van der Waals surface area contributed by atoms with Crippen molar-refractivity contribution in [1.82, 2.24) is 0 Å². The van der Waals surface area contributed by atoms with Gasteiger partial charge < -0.3 is 32.9 Å². The van der Waals surface area contributed by atoms with E-state index in [0.717, 1.165) is 11.3 Å². The zero-order chi connectivity index (χ0) is 12.9. The van der Waals surface area contributed by atoms with Crippen LogP contribution >= 0.6 is 11.3 Å². The van der Waals surface area contributed by atoms with Crippen LogP contribution in [-0.2, 0) is 0 Å². The topological polar surface area (TPSA) is 101 Å². The van der Waals surface area contributed by atoms with Crippen LogP contribution in [0.15, 0.2) is 0 Å². The number of hydrogen-bond donors (Lipinski definition) is 3. The number of aromatic carboxylic acids is 2. The minimum absolute atomic E-state index is 0. The third kappa shape index (κ3) is 5.24. The van der Waals surface area contributed by atoms with E-state index in [1.807, 2.05) is 21.7 Å². The largest absolute Gasteiger partial charge is 1.00 e. The predicted molar refractivity (Wildman–Crippen MR) is 63.6 cm³/mol. The number of carboxylic acid groups (broad SMARTS) is 2. The fourth-order valence-electron chi connectivity index (χ4n) is 1.04. The van der Waals surface area contributed by atoms with Crippen molar-refractivity contribution in [2.45, 2.75) is 18.4 Å². The standard InChI is InChI=1S/C7H7NO4S.C2H5.BrH.Mg/c1-2-3(6(9)10)4(7(11)12)5(8)13-2;1-2;;/h8H2,1H3,(H,9,10)(H,11,12);1H2,2H3;1H;/q;;;+1/p-1. The molecular formula is C9H12BrMgNO4S. The van der Waals surface area contributed by atoms with E-state index in [4.69, 9.17) is 15.9 Å². The van der Waals surface area contributed by atoms with Crippen LogP contribution in [0.25, 0.3) is 0 Å². The smallest absolute Gasteiger partial charge is 0.339 e. The minimum Gasteiger partial charge on any atom is -1.00 e. The second-order valence-electron chi connectivity index (χ2n) is 2.88. The molecule has 8 heteroatoms. The van der Waals surface area contributed by atoms with Gasteiger partial charge in [-0.05, 0) is 6.92 Å². The fraction of sp³-hybridized carbons (Fsp3) is 0.333. The Morgan fingerprint density at radius 2 is 1.65 bits per heavy atom. The van der Waals surface area contributed by atoms with Gasteiger partial charge in [0.2, 0.25) is 0 Å². The van der Waals surface area contributed by atoms with Gasteiger partial charge in [0.1, 0.15) is 10.6 Å². The molecule has 0 unspecified atom stereocenters. The molecular weight excluding hydrogens is 322 g/mol. The van der Waals surface area contributed by atoms with Crippen molar-refractivity contribution >= 4 is 50.0 Å². The number of carbonyl (C=O) groups is 2. The molecule has 5 nitrogen and oxygen atoms in total. The summed E-state index contributed by atoms with van der Waals surface area (Å²) in [6.45, 7) is 3.66. The summed E-state index contributed by atoms with van der Waals surface area (Å²) in [5.74, 6) is -2.57. The molecule has 0 saturated carbocycles. The maximum Gasteiger partial charge on any atom is 0.339 e. The molecule has 1 heterocycles. The summed E-state index contributed by atoms with van der Waals surface area (Å²) in [4.78, 5) is 21.7. The molecule has 0 radical (unpaired) electrons. The van der Waals surface area contributed by atoms with Crippen LogP contribution in [-0.4, -0.2) is 43.9 Å². The third-order valence-corrected chi connectivity index (χ3v) is 2.47. The molecule has 4 N–H and O–H groups in total. The predicted octanol–water partition coefficient (Wildman–Crippen LogP) is -1.37. The van der Waals surface area contributed by atoms with Crippen molar-refractivity contribution in [1.29, 1.82) is 0 Å². The molecule has 17 heavy (non-hydrogen) atoms. The zero-order valence-electron chi connectivity index (χ0n) is 9.49. The second-order valence-corrected chi connectivity index (χ2v) is 5.14. The number of nitrogens with two attached hydrogens (primary N) is 1. The van der Waals surface area contributed by atoms with E-state index in [1.54, 1.807) is 0 Å². The molecule has 1 aromatic heterocycles. The Kier molecular flexibility index (Phi) is 9.78. The summed E-state index contributed by atoms with van der Waals surface area (Å²) in [7, 11) is 0. The Hall–Kier alpha value is -0.314. The maximum atomic E-state index is 10.6.